The predicted octanol–water partition coefficient (Wildman–Crippen LogP) is 7.05. The Bertz CT molecular complexity index is 1680. The zero-order valence-electron chi connectivity index (χ0n) is 25.3. The van der Waals surface area contributed by atoms with E-state index in [-0.39, 0.29) is 29.5 Å². The van der Waals surface area contributed by atoms with E-state index in [4.69, 9.17) is 23.2 Å². The Morgan fingerprint density at radius 3 is 2.16 bits per heavy atom. The number of carbonyl (C=O) groups excluding carboxylic acids is 2. The predicted molar refractivity (Wildman–Crippen MR) is 181 cm³/mol. The first kappa shape index (κ1) is 34.0. The number of anilines is 1. The molecule has 0 radical (unpaired) electrons. The van der Waals surface area contributed by atoms with Crippen molar-refractivity contribution in [1.82, 2.24) is 10.2 Å². The van der Waals surface area contributed by atoms with Crippen molar-refractivity contribution in [3.8, 4) is 0 Å². The lowest BCUT2D eigenvalue weighted by Gasteiger charge is -2.34. The lowest BCUT2D eigenvalue weighted by atomic mass is 10.0. The lowest BCUT2D eigenvalue weighted by Crippen LogP contribution is -2.53. The van der Waals surface area contributed by atoms with E-state index >= 15 is 0 Å². The minimum atomic E-state index is -4.25. The lowest BCUT2D eigenvalue weighted by molar-refractivity contribution is -0.140. The summed E-state index contributed by atoms with van der Waals surface area (Å²) in [5, 5.41) is 3.68. The highest BCUT2D eigenvalue weighted by Gasteiger charge is 2.34. The van der Waals surface area contributed by atoms with Gasteiger partial charge in [-0.1, -0.05) is 103 Å². The molecule has 0 fully saturated rings. The van der Waals surface area contributed by atoms with Crippen LogP contribution in [0.2, 0.25) is 10.0 Å². The SMILES string of the molecule is CCCCNC(=O)C(Cc1ccccc1)N(Cc1ccc(C)cc1)C(=O)CN(c1cccc(Cl)c1)S(=O)(=O)c1ccc(Cl)cc1. The van der Waals surface area contributed by atoms with Crippen LogP contribution in [0.4, 0.5) is 5.69 Å². The molecule has 0 aromatic heterocycles. The number of carbonyl (C=O) groups is 2. The molecule has 2 amide bonds. The molecule has 0 saturated heterocycles. The summed E-state index contributed by atoms with van der Waals surface area (Å²) in [6.45, 7) is 4.00. The van der Waals surface area contributed by atoms with Gasteiger partial charge in [0.25, 0.3) is 10.0 Å². The summed E-state index contributed by atoms with van der Waals surface area (Å²) in [6.07, 6.45) is 1.93. The van der Waals surface area contributed by atoms with Gasteiger partial charge in [-0.25, -0.2) is 8.42 Å². The summed E-state index contributed by atoms with van der Waals surface area (Å²) in [6, 6.07) is 28.3. The summed E-state index contributed by atoms with van der Waals surface area (Å²) in [5.41, 5.74) is 2.95. The Hall–Kier alpha value is -3.85. The smallest absolute Gasteiger partial charge is 0.264 e. The molecule has 236 valence electrons. The van der Waals surface area contributed by atoms with Crippen molar-refractivity contribution in [3.63, 3.8) is 0 Å². The molecule has 0 spiro atoms. The topological polar surface area (TPSA) is 86.8 Å². The monoisotopic (exact) mass is 665 g/mol. The van der Waals surface area contributed by atoms with E-state index < -0.39 is 28.5 Å². The van der Waals surface area contributed by atoms with Crippen LogP contribution in [0.1, 0.15) is 36.5 Å². The minimum Gasteiger partial charge on any atom is -0.354 e. The molecular weight excluding hydrogens is 629 g/mol. The Labute approximate surface area is 275 Å². The highest BCUT2D eigenvalue weighted by Crippen LogP contribution is 2.28. The van der Waals surface area contributed by atoms with Crippen molar-refractivity contribution in [2.45, 2.75) is 50.6 Å². The van der Waals surface area contributed by atoms with Gasteiger partial charge >= 0.3 is 0 Å². The highest BCUT2D eigenvalue weighted by atomic mass is 35.5. The van der Waals surface area contributed by atoms with E-state index in [1.807, 2.05) is 68.4 Å². The molecule has 7 nitrogen and oxygen atoms in total. The fraction of sp³-hybridized carbons (Fsp3) is 0.257. The van der Waals surface area contributed by atoms with Crippen LogP contribution in [0.5, 0.6) is 0 Å². The van der Waals surface area contributed by atoms with Crippen LogP contribution in [-0.4, -0.2) is 44.3 Å². The molecule has 4 aromatic rings. The number of amides is 2. The molecule has 0 bridgehead atoms. The van der Waals surface area contributed by atoms with Gasteiger partial charge in [0, 0.05) is 29.6 Å². The molecule has 4 aromatic carbocycles. The average molecular weight is 667 g/mol. The number of unbranched alkanes of at least 4 members (excludes halogenated alkanes) is 1. The first-order valence-corrected chi connectivity index (χ1v) is 17.0. The second kappa shape index (κ2) is 15.9. The van der Waals surface area contributed by atoms with Crippen LogP contribution in [0.15, 0.2) is 108 Å². The van der Waals surface area contributed by atoms with E-state index in [2.05, 4.69) is 5.32 Å². The summed E-state index contributed by atoms with van der Waals surface area (Å²) in [5.74, 6) is -0.845. The van der Waals surface area contributed by atoms with E-state index in [0.717, 1.165) is 33.8 Å². The number of nitrogens with one attached hydrogen (secondary N) is 1. The molecule has 4 rings (SSSR count). The third kappa shape index (κ3) is 9.33. The molecule has 1 unspecified atom stereocenters. The molecule has 10 heteroatoms. The Morgan fingerprint density at radius 2 is 1.51 bits per heavy atom. The fourth-order valence-corrected chi connectivity index (χ4v) is 6.56. The largest absolute Gasteiger partial charge is 0.354 e. The number of hydrogen-bond acceptors (Lipinski definition) is 4. The standard InChI is InChI=1S/C35H37Cl2N3O4S/c1-3-4-21-38-35(42)33(22-27-9-6-5-7-10-27)39(24-28-15-13-26(2)14-16-28)34(41)25-40(31-12-8-11-30(37)23-31)45(43,44)32-19-17-29(36)18-20-32/h5-20,23,33H,3-4,21-22,24-25H2,1-2H3,(H,38,42). The molecule has 45 heavy (non-hydrogen) atoms. The van der Waals surface area contributed by atoms with Gasteiger partial charge in [0.1, 0.15) is 12.6 Å². The van der Waals surface area contributed by atoms with Gasteiger partial charge in [-0.2, -0.15) is 0 Å². The summed E-state index contributed by atoms with van der Waals surface area (Å²) < 4.78 is 29.2. The van der Waals surface area contributed by atoms with Gasteiger partial charge in [0.15, 0.2) is 0 Å². The maximum absolute atomic E-state index is 14.5. The number of rotatable bonds is 14. The Balaban J connectivity index is 1.78. The quantitative estimate of drug-likeness (QED) is 0.146. The Morgan fingerprint density at radius 1 is 0.822 bits per heavy atom. The van der Waals surface area contributed by atoms with Gasteiger partial charge < -0.3 is 10.2 Å². The van der Waals surface area contributed by atoms with Gasteiger partial charge in [-0.15, -0.1) is 0 Å². The second-order valence-corrected chi connectivity index (χ2v) is 13.5. The maximum atomic E-state index is 14.5. The summed E-state index contributed by atoms with van der Waals surface area (Å²) in [7, 11) is -4.25. The fourth-order valence-electron chi connectivity index (χ4n) is 4.84. The number of halogens is 2. The normalized spacial score (nSPS) is 11.9. The zero-order valence-corrected chi connectivity index (χ0v) is 27.7. The number of nitrogens with zero attached hydrogens (tertiary/aromatic N) is 2. The molecular formula is C35H37Cl2N3O4S. The van der Waals surface area contributed by atoms with Crippen molar-refractivity contribution >= 4 is 50.7 Å². The van der Waals surface area contributed by atoms with Crippen LogP contribution in [0.25, 0.3) is 0 Å². The molecule has 0 aliphatic heterocycles. The highest BCUT2D eigenvalue weighted by molar-refractivity contribution is 7.92. The van der Waals surface area contributed by atoms with E-state index in [1.54, 1.807) is 18.2 Å². The van der Waals surface area contributed by atoms with Gasteiger partial charge in [-0.3, -0.25) is 13.9 Å². The van der Waals surface area contributed by atoms with Crippen molar-refractivity contribution in [3.05, 3.63) is 130 Å². The third-order valence-corrected chi connectivity index (χ3v) is 9.63. The van der Waals surface area contributed by atoms with Gasteiger partial charge in [0.05, 0.1) is 10.6 Å². The molecule has 0 heterocycles. The first-order chi connectivity index (χ1) is 21.6. The van der Waals surface area contributed by atoms with Crippen molar-refractivity contribution in [2.75, 3.05) is 17.4 Å². The van der Waals surface area contributed by atoms with Crippen LogP contribution in [-0.2, 0) is 32.6 Å². The minimum absolute atomic E-state index is 0.0390. The number of benzene rings is 4. The summed E-state index contributed by atoms with van der Waals surface area (Å²) in [4.78, 5) is 29.7. The molecule has 1 N–H and O–H groups in total. The van der Waals surface area contributed by atoms with Crippen molar-refractivity contribution < 1.29 is 18.0 Å². The molecule has 1 atom stereocenters. The van der Waals surface area contributed by atoms with Crippen LogP contribution < -0.4 is 9.62 Å². The Kier molecular flexibility index (Phi) is 12.0. The van der Waals surface area contributed by atoms with E-state index in [0.29, 0.717) is 16.6 Å². The summed E-state index contributed by atoms with van der Waals surface area (Å²) >= 11 is 12.3. The van der Waals surface area contributed by atoms with E-state index in [9.17, 15) is 18.0 Å². The molecule has 0 aliphatic carbocycles. The van der Waals surface area contributed by atoms with Crippen molar-refractivity contribution in [1.29, 1.82) is 0 Å². The third-order valence-electron chi connectivity index (χ3n) is 7.35. The number of sulfonamides is 1. The van der Waals surface area contributed by atoms with Gasteiger partial charge in [-0.05, 0) is 66.9 Å². The molecule has 0 aliphatic rings. The second-order valence-electron chi connectivity index (χ2n) is 10.8. The van der Waals surface area contributed by atoms with Crippen LogP contribution in [0.3, 0.4) is 0 Å². The van der Waals surface area contributed by atoms with Crippen LogP contribution in [0, 0.1) is 6.92 Å². The molecule has 0 saturated carbocycles. The van der Waals surface area contributed by atoms with Gasteiger partial charge in [0.2, 0.25) is 11.8 Å². The van der Waals surface area contributed by atoms with Crippen LogP contribution >= 0.6 is 23.2 Å². The van der Waals surface area contributed by atoms with Crippen molar-refractivity contribution in [2.24, 2.45) is 0 Å². The number of aryl methyl sites for hydroxylation is 1. The zero-order chi connectivity index (χ0) is 32.4. The maximum Gasteiger partial charge on any atom is 0.264 e. The van der Waals surface area contributed by atoms with E-state index in [1.165, 1.54) is 35.2 Å². The average Bonchev–Trinajstić information content (AvgIpc) is 3.03. The first-order valence-electron chi connectivity index (χ1n) is 14.8. The number of hydrogen-bond donors (Lipinski definition) is 1.